The van der Waals surface area contributed by atoms with Crippen LogP contribution in [0.15, 0.2) is 93.3 Å². The smallest absolute Gasteiger partial charge is 0.283 e. The van der Waals surface area contributed by atoms with Crippen LogP contribution in [0.25, 0.3) is 5.57 Å². The summed E-state index contributed by atoms with van der Waals surface area (Å²) in [7, 11) is 3.28. The lowest BCUT2D eigenvalue weighted by molar-refractivity contribution is 0.278. The van der Waals surface area contributed by atoms with E-state index in [0.29, 0.717) is 8.95 Å². The van der Waals surface area contributed by atoms with E-state index in [0.717, 1.165) is 50.5 Å². The van der Waals surface area contributed by atoms with Crippen LogP contribution in [0.5, 0.6) is 11.5 Å². The van der Waals surface area contributed by atoms with Gasteiger partial charge in [0.1, 0.15) is 29.7 Å². The van der Waals surface area contributed by atoms with Crippen molar-refractivity contribution >= 4 is 43.5 Å². The van der Waals surface area contributed by atoms with Crippen molar-refractivity contribution in [1.29, 1.82) is 0 Å². The molecular formula is C33H30Br2F2N2O3. The highest BCUT2D eigenvalue weighted by molar-refractivity contribution is 9.10. The Balaban J connectivity index is 0.000000197. The zero-order chi connectivity index (χ0) is 30.6. The summed E-state index contributed by atoms with van der Waals surface area (Å²) in [6.07, 6.45) is 0. The van der Waals surface area contributed by atoms with Gasteiger partial charge in [-0.1, -0.05) is 30.8 Å². The number of benzene rings is 4. The van der Waals surface area contributed by atoms with Crippen LogP contribution in [-0.2, 0) is 10.3 Å². The van der Waals surface area contributed by atoms with Gasteiger partial charge in [-0.2, -0.15) is 0 Å². The van der Waals surface area contributed by atoms with Gasteiger partial charge in [0.25, 0.3) is 6.02 Å². The first kappa shape index (κ1) is 31.3. The van der Waals surface area contributed by atoms with E-state index in [4.69, 9.17) is 19.9 Å². The number of hydrogen-bond acceptors (Lipinski definition) is 5. The van der Waals surface area contributed by atoms with Crippen LogP contribution in [0.1, 0.15) is 33.4 Å². The monoisotopic (exact) mass is 698 g/mol. The molecule has 0 amide bonds. The molecule has 0 saturated carbocycles. The van der Waals surface area contributed by atoms with E-state index >= 15 is 0 Å². The van der Waals surface area contributed by atoms with E-state index in [1.54, 1.807) is 38.5 Å². The van der Waals surface area contributed by atoms with Gasteiger partial charge < -0.3 is 19.9 Å². The van der Waals surface area contributed by atoms with Crippen molar-refractivity contribution in [2.75, 3.05) is 20.8 Å². The molecule has 1 atom stereocenters. The number of aliphatic imine (C=N–C) groups is 1. The van der Waals surface area contributed by atoms with Crippen molar-refractivity contribution in [1.82, 2.24) is 0 Å². The molecule has 5 nitrogen and oxygen atoms in total. The third-order valence-corrected chi connectivity index (χ3v) is 8.23. The third-order valence-electron chi connectivity index (χ3n) is 7.01. The molecule has 0 saturated heterocycles. The maximum absolute atomic E-state index is 13.6. The molecule has 1 heterocycles. The summed E-state index contributed by atoms with van der Waals surface area (Å²) in [5.41, 5.74) is 11.4. The van der Waals surface area contributed by atoms with E-state index in [-0.39, 0.29) is 24.3 Å². The SMILES string of the molecule is C=C(c1ccc(OC)c(C)c1)c1ccc(F)c(Br)c1.COc1ccc(C2(c3ccc(F)c(Br)c3)COC(N)=N2)cc1C. The molecule has 0 aliphatic carbocycles. The van der Waals surface area contributed by atoms with E-state index in [1.165, 1.54) is 12.1 Å². The van der Waals surface area contributed by atoms with Crippen LogP contribution in [-0.4, -0.2) is 26.8 Å². The Morgan fingerprint density at radius 2 is 1.31 bits per heavy atom. The molecule has 0 fully saturated rings. The Hall–Kier alpha value is -3.69. The van der Waals surface area contributed by atoms with Crippen LogP contribution in [0.2, 0.25) is 0 Å². The van der Waals surface area contributed by atoms with Crippen molar-refractivity contribution in [3.63, 3.8) is 0 Å². The molecule has 0 radical (unpaired) electrons. The largest absolute Gasteiger partial charge is 0.496 e. The number of nitrogens with two attached hydrogens (primary N) is 1. The van der Waals surface area contributed by atoms with E-state index in [1.807, 2.05) is 50.2 Å². The molecule has 1 unspecified atom stereocenters. The van der Waals surface area contributed by atoms with Crippen molar-refractivity contribution in [2.45, 2.75) is 19.4 Å². The highest BCUT2D eigenvalue weighted by Gasteiger charge is 2.40. The average Bonchev–Trinajstić information content (AvgIpc) is 3.38. The summed E-state index contributed by atoms with van der Waals surface area (Å²) in [6, 6.07) is 21.5. The van der Waals surface area contributed by atoms with Crippen molar-refractivity contribution in [2.24, 2.45) is 10.7 Å². The molecule has 42 heavy (non-hydrogen) atoms. The van der Waals surface area contributed by atoms with Gasteiger partial charge in [0, 0.05) is 0 Å². The van der Waals surface area contributed by atoms with Gasteiger partial charge in [-0.3, -0.25) is 0 Å². The van der Waals surface area contributed by atoms with Crippen molar-refractivity contribution in [3.8, 4) is 11.5 Å². The molecule has 4 aromatic carbocycles. The predicted molar refractivity (Wildman–Crippen MR) is 170 cm³/mol. The fourth-order valence-corrected chi connectivity index (χ4v) is 5.46. The first-order valence-electron chi connectivity index (χ1n) is 12.9. The zero-order valence-corrected chi connectivity index (χ0v) is 26.8. The van der Waals surface area contributed by atoms with Gasteiger partial charge >= 0.3 is 0 Å². The lowest BCUT2D eigenvalue weighted by Gasteiger charge is -2.26. The predicted octanol–water partition coefficient (Wildman–Crippen LogP) is 8.46. The highest BCUT2D eigenvalue weighted by Crippen LogP contribution is 2.40. The molecule has 1 aliphatic heterocycles. The minimum Gasteiger partial charge on any atom is -0.496 e. The summed E-state index contributed by atoms with van der Waals surface area (Å²) >= 11 is 6.41. The maximum atomic E-state index is 13.6. The Morgan fingerprint density at radius 1 is 0.810 bits per heavy atom. The molecule has 218 valence electrons. The Labute approximate surface area is 261 Å². The standard InChI is InChI=1S/C17H16BrFN2O2.C16H14BrFO/c1-10-7-11(4-6-15(10)22-2)17(9-23-16(20)21-17)12-3-5-14(19)13(18)8-12;1-10-8-12(5-7-16(10)19-3)11(2)13-4-6-15(18)14(17)9-13/h3-8H,9H2,1-2H3,(H2,20,21);4-9H,2H2,1,3H3. The van der Waals surface area contributed by atoms with Gasteiger partial charge in [0.15, 0.2) is 5.54 Å². The molecule has 5 rings (SSSR count). The Morgan fingerprint density at radius 3 is 1.83 bits per heavy atom. The molecule has 0 aromatic heterocycles. The van der Waals surface area contributed by atoms with Gasteiger partial charge in [0.05, 0.1) is 23.2 Å². The maximum Gasteiger partial charge on any atom is 0.283 e. The second-order valence-corrected chi connectivity index (χ2v) is 11.4. The minimum atomic E-state index is -0.794. The van der Waals surface area contributed by atoms with Gasteiger partial charge in [0.2, 0.25) is 0 Å². The highest BCUT2D eigenvalue weighted by atomic mass is 79.9. The third kappa shape index (κ3) is 6.52. The summed E-state index contributed by atoms with van der Waals surface area (Å²) in [4.78, 5) is 4.52. The normalized spacial score (nSPS) is 15.7. The number of halogens is 4. The lowest BCUT2D eigenvalue weighted by atomic mass is 9.83. The first-order valence-corrected chi connectivity index (χ1v) is 14.5. The van der Waals surface area contributed by atoms with Gasteiger partial charge in [-0.25, -0.2) is 13.8 Å². The molecule has 4 aromatic rings. The van der Waals surface area contributed by atoms with Gasteiger partial charge in [-0.05, 0) is 133 Å². The average molecular weight is 700 g/mol. The van der Waals surface area contributed by atoms with Crippen molar-refractivity contribution in [3.05, 3.63) is 133 Å². The Kier molecular flexibility index (Phi) is 9.74. The molecular weight excluding hydrogens is 670 g/mol. The van der Waals surface area contributed by atoms with Gasteiger partial charge in [-0.15, -0.1) is 0 Å². The summed E-state index contributed by atoms with van der Waals surface area (Å²) in [5, 5.41) is 0. The fraction of sp³-hybridized carbons (Fsp3) is 0.182. The van der Waals surface area contributed by atoms with Crippen molar-refractivity contribution < 1.29 is 23.0 Å². The molecule has 0 bridgehead atoms. The van der Waals surface area contributed by atoms with Crippen LogP contribution in [0.3, 0.4) is 0 Å². The molecule has 1 aliphatic rings. The first-order chi connectivity index (χ1) is 20.0. The quantitative estimate of drug-likeness (QED) is 0.219. The van der Waals surface area contributed by atoms with Crippen LogP contribution in [0.4, 0.5) is 8.78 Å². The number of hydrogen-bond donors (Lipinski definition) is 1. The van der Waals surface area contributed by atoms with Crippen LogP contribution in [0, 0.1) is 25.5 Å². The topological polar surface area (TPSA) is 66.1 Å². The lowest BCUT2D eigenvalue weighted by Crippen LogP contribution is -2.27. The minimum absolute atomic E-state index is 0.124. The van der Waals surface area contributed by atoms with E-state index in [2.05, 4.69) is 43.4 Å². The fourth-order valence-electron chi connectivity index (χ4n) is 4.70. The second-order valence-electron chi connectivity index (χ2n) is 9.70. The number of rotatable bonds is 6. The summed E-state index contributed by atoms with van der Waals surface area (Å²) in [5.74, 6) is 1.03. The summed E-state index contributed by atoms with van der Waals surface area (Å²) < 4.78 is 43.6. The molecule has 9 heteroatoms. The number of aryl methyl sites for hydroxylation is 2. The van der Waals surface area contributed by atoms with Crippen LogP contribution < -0.4 is 15.2 Å². The zero-order valence-electron chi connectivity index (χ0n) is 23.6. The van der Waals surface area contributed by atoms with E-state index in [9.17, 15) is 8.78 Å². The number of amidine groups is 1. The Bertz CT molecular complexity index is 1680. The summed E-state index contributed by atoms with van der Waals surface area (Å²) in [6.45, 7) is 8.29. The van der Waals surface area contributed by atoms with E-state index < -0.39 is 5.54 Å². The number of ether oxygens (including phenoxy) is 3. The molecule has 2 N–H and O–H groups in total. The molecule has 0 spiro atoms. The number of nitrogens with zero attached hydrogens (tertiary/aromatic N) is 1. The number of methoxy groups -OCH3 is 2. The van der Waals surface area contributed by atoms with Crippen LogP contribution >= 0.6 is 31.9 Å². The second kappa shape index (κ2) is 13.1.